The molecule has 0 aliphatic carbocycles. The average molecular weight is 415 g/mol. The van der Waals surface area contributed by atoms with E-state index in [2.05, 4.69) is 14.8 Å². The van der Waals surface area contributed by atoms with Crippen LogP contribution in [-0.4, -0.2) is 55.1 Å². The van der Waals surface area contributed by atoms with Gasteiger partial charge in [-0.1, -0.05) is 0 Å². The number of carbonyl (C=O) groups excluding carboxylic acids is 2. The van der Waals surface area contributed by atoms with Gasteiger partial charge < -0.3 is 0 Å². The molecular weight excluding hydrogens is 394 g/mol. The molecule has 5 nitrogen and oxygen atoms in total. The predicted molar refractivity (Wildman–Crippen MR) is 85.4 cm³/mol. The van der Waals surface area contributed by atoms with E-state index in [0.29, 0.717) is 5.69 Å². The predicted octanol–water partition coefficient (Wildman–Crippen LogP) is 2.13. The van der Waals surface area contributed by atoms with E-state index >= 15 is 0 Å². The Morgan fingerprint density at radius 2 is 2.05 bits per heavy atom. The third kappa shape index (κ3) is 3.36. The number of anilines is 1. The molecule has 1 aromatic rings. The van der Waals surface area contributed by atoms with Crippen molar-refractivity contribution in [3.05, 3.63) is 24.0 Å². The Morgan fingerprint density at radius 1 is 1.41 bits per heavy atom. The van der Waals surface area contributed by atoms with E-state index in [0.717, 1.165) is 3.58 Å². The van der Waals surface area contributed by atoms with Gasteiger partial charge in [0.1, 0.15) is 0 Å². The van der Waals surface area contributed by atoms with Gasteiger partial charge in [-0.3, -0.25) is 0 Å². The van der Waals surface area contributed by atoms with Gasteiger partial charge in [0.15, 0.2) is 0 Å². The summed E-state index contributed by atoms with van der Waals surface area (Å²) in [6.07, 6.45) is -1.21. The summed E-state index contributed by atoms with van der Waals surface area (Å²) in [5, 5.41) is 0. The van der Waals surface area contributed by atoms with E-state index < -0.39 is 30.7 Å². The molecule has 120 valence electrons. The average Bonchev–Trinajstić information content (AvgIpc) is 2.78. The second-order valence-electron chi connectivity index (χ2n) is 6.49. The van der Waals surface area contributed by atoms with E-state index in [4.69, 9.17) is 4.74 Å². The first kappa shape index (κ1) is 17.0. The Morgan fingerprint density at radius 3 is 2.55 bits per heavy atom. The molecule has 7 heteroatoms. The number of benzene rings is 1. The molecule has 1 heterocycles. The molecule has 1 unspecified atom stereocenters. The number of likely N-dealkylation sites (N-methyl/N-ethyl adjacent to an activating group) is 1. The van der Waals surface area contributed by atoms with Gasteiger partial charge in [-0.15, -0.1) is 0 Å². The molecule has 1 aromatic carbocycles. The monoisotopic (exact) mass is 416 g/mol. The summed E-state index contributed by atoms with van der Waals surface area (Å²) in [5.74, 6) is -0.458. The van der Waals surface area contributed by atoms with Crippen molar-refractivity contribution in [3.8, 4) is 0 Å². The quantitative estimate of drug-likeness (QED) is 0.712. The van der Waals surface area contributed by atoms with Gasteiger partial charge in [-0.05, 0) is 0 Å². The molecule has 0 radical (unpaired) electrons. The number of rotatable bonds is 3. The van der Waals surface area contributed by atoms with Crippen LogP contribution in [-0.2, 0) is 9.53 Å². The minimum atomic E-state index is -2.51. The van der Waals surface area contributed by atoms with Gasteiger partial charge in [0.2, 0.25) is 0 Å². The van der Waals surface area contributed by atoms with Gasteiger partial charge in [0, 0.05) is 0 Å². The second kappa shape index (κ2) is 6.06. The Balaban J connectivity index is 2.24. The van der Waals surface area contributed by atoms with Crippen LogP contribution in [0.15, 0.2) is 18.2 Å². The number of halogens is 1. The zero-order valence-corrected chi connectivity index (χ0v) is 16.4. The van der Waals surface area contributed by atoms with Crippen molar-refractivity contribution in [1.29, 1.82) is 0 Å². The van der Waals surface area contributed by atoms with Crippen molar-refractivity contribution in [2.24, 2.45) is 0 Å². The zero-order valence-electron chi connectivity index (χ0n) is 13.5. The molecule has 2 amide bonds. The SMILES string of the molecule is CC(=O)N(C)C1CN(c2cc[c]([Sn]([CH3])([CH3])[CH3])c(F)c2)C(=O)O1. The normalized spacial score (nSPS) is 18.4. The number of ether oxygens (including phenoxy) is 1. The molecule has 0 spiro atoms. The molecule has 22 heavy (non-hydrogen) atoms. The maximum atomic E-state index is 14.3. The first-order valence-electron chi connectivity index (χ1n) is 7.13. The standard InChI is InChI=1S/C12H12FN2O3.3CH3.Sn/c1-8(16)14(2)11-7-15(12(17)18-11)10-5-3-4-9(13)6-10;;;;/h3,5-6,11H,7H2,1-2H3;3*1H3;. The zero-order chi connectivity index (χ0) is 16.7. The van der Waals surface area contributed by atoms with E-state index in [1.165, 1.54) is 22.8 Å². The van der Waals surface area contributed by atoms with Crippen LogP contribution < -0.4 is 8.48 Å². The molecule has 1 saturated heterocycles. The Labute approximate surface area is 133 Å². The number of cyclic esters (lactones) is 1. The van der Waals surface area contributed by atoms with Crippen LogP contribution >= 0.6 is 0 Å². The molecule has 2 rings (SSSR count). The third-order valence-electron chi connectivity index (χ3n) is 3.80. The van der Waals surface area contributed by atoms with Crippen molar-refractivity contribution in [2.75, 3.05) is 18.5 Å². The summed E-state index contributed by atoms with van der Waals surface area (Å²) in [4.78, 5) is 32.4. The Bertz CT molecular complexity index is 615. The third-order valence-corrected chi connectivity index (χ3v) is 9.57. The van der Waals surface area contributed by atoms with Crippen LogP contribution in [0.1, 0.15) is 6.92 Å². The molecule has 0 bridgehead atoms. The van der Waals surface area contributed by atoms with Crippen molar-refractivity contribution in [3.63, 3.8) is 0 Å². The summed E-state index contributed by atoms with van der Waals surface area (Å²) in [5.41, 5.74) is 0.459. The molecule has 0 aromatic heterocycles. The van der Waals surface area contributed by atoms with Crippen LogP contribution in [0.25, 0.3) is 0 Å². The van der Waals surface area contributed by atoms with Gasteiger partial charge in [-0.2, -0.15) is 0 Å². The molecular formula is C15H21FN2O3Sn. The summed E-state index contributed by atoms with van der Waals surface area (Å²) in [7, 11) is 1.57. The van der Waals surface area contributed by atoms with Crippen LogP contribution in [0.5, 0.6) is 0 Å². The van der Waals surface area contributed by atoms with Gasteiger partial charge in [0.25, 0.3) is 0 Å². The fraction of sp³-hybridized carbons (Fsp3) is 0.467. The fourth-order valence-electron chi connectivity index (χ4n) is 2.34. The molecule has 1 aliphatic rings. The maximum absolute atomic E-state index is 14.3. The van der Waals surface area contributed by atoms with Gasteiger partial charge in [0.05, 0.1) is 0 Å². The number of amides is 2. The topological polar surface area (TPSA) is 49.9 Å². The Hall–Kier alpha value is -1.31. The summed E-state index contributed by atoms with van der Waals surface area (Å²) >= 11 is -2.51. The molecule has 1 aliphatic heterocycles. The van der Waals surface area contributed by atoms with E-state index in [1.807, 2.05) is 0 Å². The fourth-order valence-corrected chi connectivity index (χ4v) is 6.26. The Kier molecular flexibility index (Phi) is 4.70. The van der Waals surface area contributed by atoms with Crippen LogP contribution in [0, 0.1) is 5.82 Å². The number of nitrogens with zero attached hydrogens (tertiary/aromatic N) is 2. The number of carbonyl (C=O) groups is 2. The molecule has 0 N–H and O–H groups in total. The van der Waals surface area contributed by atoms with Crippen molar-refractivity contribution >= 4 is 39.6 Å². The summed E-state index contributed by atoms with van der Waals surface area (Å²) in [6.45, 7) is 1.60. The first-order valence-corrected chi connectivity index (χ1v) is 17.1. The van der Waals surface area contributed by atoms with E-state index in [9.17, 15) is 14.0 Å². The summed E-state index contributed by atoms with van der Waals surface area (Å²) in [6, 6.07) is 4.91. The number of hydrogen-bond acceptors (Lipinski definition) is 3. The number of hydrogen-bond donors (Lipinski definition) is 0. The van der Waals surface area contributed by atoms with Crippen LogP contribution in [0.3, 0.4) is 0 Å². The minimum absolute atomic E-state index is 0.192. The molecule has 1 atom stereocenters. The van der Waals surface area contributed by atoms with Crippen molar-refractivity contribution in [1.82, 2.24) is 4.90 Å². The summed E-state index contributed by atoms with van der Waals surface area (Å²) < 4.78 is 20.3. The first-order chi connectivity index (χ1) is 10.1. The van der Waals surface area contributed by atoms with E-state index in [-0.39, 0.29) is 18.3 Å². The van der Waals surface area contributed by atoms with Crippen molar-refractivity contribution < 1.29 is 18.7 Å². The second-order valence-corrected chi connectivity index (χ2v) is 20.9. The van der Waals surface area contributed by atoms with Crippen LogP contribution in [0.2, 0.25) is 14.8 Å². The van der Waals surface area contributed by atoms with Gasteiger partial charge >= 0.3 is 134 Å². The molecule has 1 fully saturated rings. The molecule has 0 saturated carbocycles. The van der Waals surface area contributed by atoms with E-state index in [1.54, 1.807) is 19.2 Å². The van der Waals surface area contributed by atoms with Crippen molar-refractivity contribution in [2.45, 2.75) is 28.0 Å². The van der Waals surface area contributed by atoms with Crippen LogP contribution in [0.4, 0.5) is 14.9 Å². The van der Waals surface area contributed by atoms with Gasteiger partial charge in [-0.25, -0.2) is 0 Å².